The average Bonchev–Trinajstić information content (AvgIpc) is 2.32. The van der Waals surface area contributed by atoms with Gasteiger partial charge in [-0.1, -0.05) is 20.3 Å². The molecular weight excluding hydrogens is 236 g/mol. The summed E-state index contributed by atoms with van der Waals surface area (Å²) in [4.78, 5) is 22.8. The maximum atomic E-state index is 11.9. The number of carbonyl (C=O) groups is 1. The van der Waals surface area contributed by atoms with Gasteiger partial charge in [-0.2, -0.15) is 0 Å². The van der Waals surface area contributed by atoms with Gasteiger partial charge < -0.3 is 9.47 Å². The van der Waals surface area contributed by atoms with Gasteiger partial charge in [-0.15, -0.1) is 0 Å². The summed E-state index contributed by atoms with van der Waals surface area (Å²) in [5.74, 6) is 0.294. The number of rotatable bonds is 0. The fourth-order valence-corrected chi connectivity index (χ4v) is 3.56. The first-order valence-corrected chi connectivity index (χ1v) is 6.73. The zero-order chi connectivity index (χ0) is 12.9. The highest BCUT2D eigenvalue weighted by molar-refractivity contribution is 5.74. The quantitative estimate of drug-likeness (QED) is 0.490. The van der Waals surface area contributed by atoms with Crippen molar-refractivity contribution in [2.24, 2.45) is 17.8 Å². The average molecular weight is 256 g/mol. The van der Waals surface area contributed by atoms with Crippen LogP contribution in [0.1, 0.15) is 40.0 Å². The molecule has 0 aromatic carbocycles. The van der Waals surface area contributed by atoms with Gasteiger partial charge in [0.1, 0.15) is 0 Å². The highest BCUT2D eigenvalue weighted by Gasteiger charge is 2.62. The lowest BCUT2D eigenvalue weighted by molar-refractivity contribution is -0.528. The lowest BCUT2D eigenvalue weighted by atomic mass is 9.65. The molecule has 1 spiro atoms. The van der Waals surface area contributed by atoms with Gasteiger partial charge in [0.05, 0.1) is 5.92 Å². The first-order valence-electron chi connectivity index (χ1n) is 6.73. The summed E-state index contributed by atoms with van der Waals surface area (Å²) >= 11 is 0. The van der Waals surface area contributed by atoms with Crippen molar-refractivity contribution < 1.29 is 24.0 Å². The number of hydrogen-bond donors (Lipinski definition) is 0. The Morgan fingerprint density at radius 3 is 2.78 bits per heavy atom. The smallest absolute Gasteiger partial charge is 0.311 e. The van der Waals surface area contributed by atoms with E-state index in [0.717, 1.165) is 19.3 Å². The fourth-order valence-electron chi connectivity index (χ4n) is 3.56. The molecule has 6 atom stereocenters. The number of hydrogen-bond acceptors (Lipinski definition) is 5. The maximum Gasteiger partial charge on any atom is 0.311 e. The van der Waals surface area contributed by atoms with Gasteiger partial charge in [-0.3, -0.25) is 4.79 Å². The summed E-state index contributed by atoms with van der Waals surface area (Å²) in [6, 6.07) is 0. The molecule has 0 aromatic heterocycles. The molecule has 0 radical (unpaired) electrons. The Kier molecular flexibility index (Phi) is 2.88. The van der Waals surface area contributed by atoms with Crippen LogP contribution in [0, 0.1) is 17.8 Å². The Labute approximate surface area is 107 Å². The summed E-state index contributed by atoms with van der Waals surface area (Å²) in [6.45, 7) is 5.83. The van der Waals surface area contributed by atoms with Crippen LogP contribution >= 0.6 is 0 Å². The Morgan fingerprint density at radius 2 is 2.00 bits per heavy atom. The molecule has 0 unspecified atom stereocenters. The molecule has 1 saturated carbocycles. The van der Waals surface area contributed by atoms with Crippen LogP contribution in [0.15, 0.2) is 0 Å². The lowest BCUT2D eigenvalue weighted by Gasteiger charge is -2.54. The van der Waals surface area contributed by atoms with Crippen molar-refractivity contribution in [1.82, 2.24) is 0 Å². The third-order valence-corrected chi connectivity index (χ3v) is 4.52. The molecule has 0 amide bonds. The van der Waals surface area contributed by atoms with Crippen LogP contribution < -0.4 is 0 Å². The predicted molar refractivity (Wildman–Crippen MR) is 61.0 cm³/mol. The molecule has 2 aliphatic heterocycles. The van der Waals surface area contributed by atoms with Crippen LogP contribution in [0.3, 0.4) is 0 Å². The van der Waals surface area contributed by atoms with Gasteiger partial charge in [-0.05, 0) is 25.7 Å². The van der Waals surface area contributed by atoms with Gasteiger partial charge in [0.15, 0.2) is 11.9 Å². The Hall–Kier alpha value is -0.650. The van der Waals surface area contributed by atoms with Crippen molar-refractivity contribution in [3.8, 4) is 0 Å². The Balaban J connectivity index is 1.94. The van der Waals surface area contributed by atoms with Gasteiger partial charge >= 0.3 is 5.97 Å². The third kappa shape index (κ3) is 1.68. The summed E-state index contributed by atoms with van der Waals surface area (Å²) < 4.78 is 11.0. The largest absolute Gasteiger partial charge is 0.432 e. The zero-order valence-electron chi connectivity index (χ0n) is 11.0. The van der Waals surface area contributed by atoms with E-state index in [2.05, 4.69) is 6.92 Å². The van der Waals surface area contributed by atoms with E-state index in [1.807, 2.05) is 6.92 Å². The number of esters is 1. The van der Waals surface area contributed by atoms with E-state index >= 15 is 0 Å². The first kappa shape index (κ1) is 12.4. The predicted octanol–water partition coefficient (Wildman–Crippen LogP) is 2.00. The van der Waals surface area contributed by atoms with Crippen LogP contribution in [-0.4, -0.2) is 24.2 Å². The van der Waals surface area contributed by atoms with Crippen LogP contribution in [-0.2, 0) is 24.0 Å². The third-order valence-electron chi connectivity index (χ3n) is 4.52. The second kappa shape index (κ2) is 4.18. The van der Waals surface area contributed by atoms with Gasteiger partial charge in [0.2, 0.25) is 6.29 Å². The maximum absolute atomic E-state index is 11.9. The highest BCUT2D eigenvalue weighted by Crippen LogP contribution is 2.51. The first-order chi connectivity index (χ1) is 8.53. The van der Waals surface area contributed by atoms with Crippen molar-refractivity contribution in [2.45, 2.75) is 58.2 Å². The summed E-state index contributed by atoms with van der Waals surface area (Å²) in [7, 11) is 0. The molecule has 5 heteroatoms. The van der Waals surface area contributed by atoms with E-state index < -0.39 is 18.2 Å². The molecule has 102 valence electrons. The lowest BCUT2D eigenvalue weighted by Crippen LogP contribution is -2.66. The van der Waals surface area contributed by atoms with E-state index in [1.54, 1.807) is 6.92 Å². The Bertz CT molecular complexity index is 357. The van der Waals surface area contributed by atoms with Gasteiger partial charge in [-0.25, -0.2) is 9.78 Å². The van der Waals surface area contributed by atoms with Crippen LogP contribution in [0.25, 0.3) is 0 Å². The second-order valence-electron chi connectivity index (χ2n) is 5.89. The van der Waals surface area contributed by atoms with Gasteiger partial charge in [0.25, 0.3) is 0 Å². The molecule has 5 nitrogen and oxygen atoms in total. The minimum absolute atomic E-state index is 0.118. The highest BCUT2D eigenvalue weighted by atomic mass is 17.2. The number of ether oxygens (including phenoxy) is 2. The van der Waals surface area contributed by atoms with E-state index in [9.17, 15) is 4.79 Å². The van der Waals surface area contributed by atoms with Crippen LogP contribution in [0.4, 0.5) is 0 Å². The molecule has 2 heterocycles. The number of carbonyl (C=O) groups excluding carboxylic acids is 1. The molecule has 0 aromatic rings. The van der Waals surface area contributed by atoms with Crippen LogP contribution in [0.5, 0.6) is 0 Å². The van der Waals surface area contributed by atoms with Gasteiger partial charge in [0, 0.05) is 5.92 Å². The molecular formula is C13H20O5. The summed E-state index contributed by atoms with van der Waals surface area (Å²) in [6.07, 6.45) is 1.75. The molecule has 0 N–H and O–H groups in total. The van der Waals surface area contributed by atoms with E-state index in [4.69, 9.17) is 19.2 Å². The van der Waals surface area contributed by atoms with E-state index in [0.29, 0.717) is 5.92 Å². The minimum atomic E-state index is -0.627. The minimum Gasteiger partial charge on any atom is -0.432 e. The van der Waals surface area contributed by atoms with E-state index in [-0.39, 0.29) is 17.8 Å². The molecule has 18 heavy (non-hydrogen) atoms. The van der Waals surface area contributed by atoms with Crippen molar-refractivity contribution in [1.29, 1.82) is 0 Å². The SMILES string of the molecule is C[C@@H]1CC[C@H]2[C@@H](C)C(=O)O[C@H]3O[C@@H](C)OO[C@@]32C1. The van der Waals surface area contributed by atoms with E-state index in [1.165, 1.54) is 0 Å². The topological polar surface area (TPSA) is 54.0 Å². The summed E-state index contributed by atoms with van der Waals surface area (Å²) in [5, 5.41) is 0. The van der Waals surface area contributed by atoms with Crippen molar-refractivity contribution in [3.63, 3.8) is 0 Å². The molecule has 3 fully saturated rings. The second-order valence-corrected chi connectivity index (χ2v) is 5.89. The summed E-state index contributed by atoms with van der Waals surface area (Å²) in [5.41, 5.74) is -0.614. The molecule has 2 saturated heterocycles. The molecule has 0 bridgehead atoms. The monoisotopic (exact) mass is 256 g/mol. The molecule has 3 aliphatic rings. The molecule has 1 aliphatic carbocycles. The van der Waals surface area contributed by atoms with Crippen molar-refractivity contribution in [2.75, 3.05) is 0 Å². The molecule has 3 rings (SSSR count). The normalized spacial score (nSPS) is 52.2. The standard InChI is InChI=1S/C13H20O5/c1-7-4-5-10-8(2)11(14)16-12-13(10,6-7)18-17-9(3)15-12/h7-10,12H,4-6H2,1-3H3/t7-,8-,9-,10+,12-,13-/m1/s1. The fraction of sp³-hybridized carbons (Fsp3) is 0.923. The zero-order valence-corrected chi connectivity index (χ0v) is 11.0. The Morgan fingerprint density at radius 1 is 1.22 bits per heavy atom. The van der Waals surface area contributed by atoms with Crippen LogP contribution in [0.2, 0.25) is 0 Å². The van der Waals surface area contributed by atoms with Crippen molar-refractivity contribution >= 4 is 5.97 Å². The van der Waals surface area contributed by atoms with Crippen molar-refractivity contribution in [3.05, 3.63) is 0 Å².